The number of hydrogen-bond acceptors (Lipinski definition) is 3. The summed E-state index contributed by atoms with van der Waals surface area (Å²) in [5.74, 6) is -0.0218. The highest BCUT2D eigenvalue weighted by molar-refractivity contribution is 5.95. The van der Waals surface area contributed by atoms with E-state index < -0.39 is 6.04 Å². The maximum absolute atomic E-state index is 11.6. The molecule has 3 N–H and O–H groups in total. The third-order valence-corrected chi connectivity index (χ3v) is 2.30. The Labute approximate surface area is 89.9 Å². The number of rotatable bonds is 3. The van der Waals surface area contributed by atoms with E-state index >= 15 is 0 Å². The summed E-state index contributed by atoms with van der Waals surface area (Å²) < 4.78 is 0. The van der Waals surface area contributed by atoms with Crippen LogP contribution in [0.15, 0.2) is 18.5 Å². The van der Waals surface area contributed by atoms with E-state index in [4.69, 9.17) is 5.73 Å². The van der Waals surface area contributed by atoms with Gasteiger partial charge in [0, 0.05) is 18.1 Å². The van der Waals surface area contributed by atoms with Gasteiger partial charge in [0.05, 0.1) is 6.04 Å². The van der Waals surface area contributed by atoms with E-state index in [1.165, 1.54) is 0 Å². The summed E-state index contributed by atoms with van der Waals surface area (Å²) in [6.07, 6.45) is 3.35. The molecule has 1 heterocycles. The average Bonchev–Trinajstić information content (AvgIpc) is 2.20. The van der Waals surface area contributed by atoms with Crippen LogP contribution in [0.2, 0.25) is 0 Å². The first-order valence-corrected chi connectivity index (χ1v) is 4.99. The lowest BCUT2D eigenvalue weighted by molar-refractivity contribution is -0.118. The second-order valence-corrected chi connectivity index (χ2v) is 3.95. The second-order valence-electron chi connectivity index (χ2n) is 3.95. The number of nitrogens with zero attached hydrogens (tertiary/aromatic N) is 1. The van der Waals surface area contributed by atoms with Crippen LogP contribution in [0.5, 0.6) is 0 Å². The molecule has 0 bridgehead atoms. The van der Waals surface area contributed by atoms with Crippen LogP contribution in [-0.2, 0) is 4.79 Å². The van der Waals surface area contributed by atoms with Crippen LogP contribution in [0.25, 0.3) is 0 Å². The molecule has 0 aromatic carbocycles. The number of aryl methyl sites for hydroxylation is 1. The van der Waals surface area contributed by atoms with E-state index in [2.05, 4.69) is 10.3 Å². The molecule has 1 rings (SSSR count). The van der Waals surface area contributed by atoms with Gasteiger partial charge in [-0.05, 0) is 24.5 Å². The van der Waals surface area contributed by atoms with Gasteiger partial charge in [-0.1, -0.05) is 13.8 Å². The van der Waals surface area contributed by atoms with Crippen molar-refractivity contribution in [1.29, 1.82) is 0 Å². The minimum absolute atomic E-state index is 0.132. The molecule has 1 aromatic rings. The molecule has 0 aliphatic heterocycles. The molecule has 1 aromatic heterocycles. The van der Waals surface area contributed by atoms with Crippen molar-refractivity contribution >= 4 is 11.6 Å². The van der Waals surface area contributed by atoms with Crippen LogP contribution < -0.4 is 11.1 Å². The summed E-state index contributed by atoms with van der Waals surface area (Å²) in [4.78, 5) is 15.6. The lowest BCUT2D eigenvalue weighted by Crippen LogP contribution is -2.39. The number of aromatic nitrogens is 1. The number of carbonyl (C=O) groups is 1. The molecular formula is C11H17N3O. The van der Waals surface area contributed by atoms with Crippen molar-refractivity contribution in [1.82, 2.24) is 4.98 Å². The topological polar surface area (TPSA) is 68.0 Å². The first-order chi connectivity index (χ1) is 7.02. The van der Waals surface area contributed by atoms with Crippen molar-refractivity contribution in [3.05, 3.63) is 24.0 Å². The highest BCUT2D eigenvalue weighted by Crippen LogP contribution is 2.12. The molecule has 0 radical (unpaired) electrons. The van der Waals surface area contributed by atoms with Gasteiger partial charge in [-0.25, -0.2) is 0 Å². The van der Waals surface area contributed by atoms with Gasteiger partial charge in [0.15, 0.2) is 0 Å². The fourth-order valence-corrected chi connectivity index (χ4v) is 1.13. The van der Waals surface area contributed by atoms with E-state index in [0.717, 1.165) is 11.3 Å². The Hall–Kier alpha value is -1.42. The standard InChI is InChI=1S/C11H17N3O/c1-7(2)10(12)11(15)14-9-4-5-13-6-8(9)3/h4-7,10H,12H2,1-3H3,(H,13,14,15)/t10-/m1/s1. The molecule has 1 amide bonds. The van der Waals surface area contributed by atoms with E-state index in [0.29, 0.717) is 0 Å². The normalized spacial score (nSPS) is 12.6. The molecular weight excluding hydrogens is 190 g/mol. The van der Waals surface area contributed by atoms with E-state index in [9.17, 15) is 4.79 Å². The molecule has 0 aliphatic rings. The van der Waals surface area contributed by atoms with Gasteiger partial charge in [-0.15, -0.1) is 0 Å². The first-order valence-electron chi connectivity index (χ1n) is 4.99. The third-order valence-electron chi connectivity index (χ3n) is 2.30. The molecule has 4 heteroatoms. The molecule has 82 valence electrons. The number of hydrogen-bond donors (Lipinski definition) is 2. The SMILES string of the molecule is Cc1cnccc1NC(=O)[C@H](N)C(C)C. The predicted molar refractivity (Wildman–Crippen MR) is 60.4 cm³/mol. The monoisotopic (exact) mass is 207 g/mol. The fraction of sp³-hybridized carbons (Fsp3) is 0.455. The minimum Gasteiger partial charge on any atom is -0.324 e. The van der Waals surface area contributed by atoms with Gasteiger partial charge in [0.2, 0.25) is 5.91 Å². The van der Waals surface area contributed by atoms with Crippen LogP contribution in [0, 0.1) is 12.8 Å². The number of nitrogens with two attached hydrogens (primary N) is 1. The van der Waals surface area contributed by atoms with Gasteiger partial charge in [-0.3, -0.25) is 9.78 Å². The van der Waals surface area contributed by atoms with Gasteiger partial charge in [0.25, 0.3) is 0 Å². The summed E-state index contributed by atoms with van der Waals surface area (Å²) in [5.41, 5.74) is 7.43. The Morgan fingerprint density at radius 1 is 1.53 bits per heavy atom. The zero-order valence-corrected chi connectivity index (χ0v) is 9.32. The van der Waals surface area contributed by atoms with Crippen LogP contribution in [0.3, 0.4) is 0 Å². The van der Waals surface area contributed by atoms with E-state index in [1.807, 2.05) is 20.8 Å². The number of pyridine rings is 1. The van der Waals surface area contributed by atoms with Crippen LogP contribution in [0.1, 0.15) is 19.4 Å². The van der Waals surface area contributed by atoms with E-state index in [-0.39, 0.29) is 11.8 Å². The van der Waals surface area contributed by atoms with Gasteiger partial charge in [-0.2, -0.15) is 0 Å². The molecule has 4 nitrogen and oxygen atoms in total. The van der Waals surface area contributed by atoms with Crippen molar-refractivity contribution in [2.24, 2.45) is 11.7 Å². The van der Waals surface area contributed by atoms with Crippen LogP contribution in [-0.4, -0.2) is 16.9 Å². The number of anilines is 1. The highest BCUT2D eigenvalue weighted by Gasteiger charge is 2.17. The van der Waals surface area contributed by atoms with Gasteiger partial charge >= 0.3 is 0 Å². The largest absolute Gasteiger partial charge is 0.324 e. The Morgan fingerprint density at radius 3 is 2.73 bits per heavy atom. The van der Waals surface area contributed by atoms with Gasteiger partial charge in [0.1, 0.15) is 0 Å². The van der Waals surface area contributed by atoms with Gasteiger partial charge < -0.3 is 11.1 Å². The second kappa shape index (κ2) is 4.89. The van der Waals surface area contributed by atoms with E-state index in [1.54, 1.807) is 18.5 Å². The molecule has 15 heavy (non-hydrogen) atoms. The third kappa shape index (κ3) is 3.02. The average molecular weight is 207 g/mol. The smallest absolute Gasteiger partial charge is 0.241 e. The summed E-state index contributed by atoms with van der Waals surface area (Å²) in [7, 11) is 0. The summed E-state index contributed by atoms with van der Waals surface area (Å²) in [6, 6.07) is 1.29. The predicted octanol–water partition coefficient (Wildman–Crippen LogP) is 1.31. The highest BCUT2D eigenvalue weighted by atomic mass is 16.2. The first kappa shape index (κ1) is 11.7. The molecule has 0 fully saturated rings. The van der Waals surface area contributed by atoms with Crippen molar-refractivity contribution in [3.63, 3.8) is 0 Å². The van der Waals surface area contributed by atoms with Crippen molar-refractivity contribution in [2.75, 3.05) is 5.32 Å². The lowest BCUT2D eigenvalue weighted by atomic mass is 10.0. The minimum atomic E-state index is -0.474. The number of carbonyl (C=O) groups excluding carboxylic acids is 1. The van der Waals surface area contributed by atoms with Crippen LogP contribution in [0.4, 0.5) is 5.69 Å². The fourth-order valence-electron chi connectivity index (χ4n) is 1.13. The molecule has 0 saturated carbocycles. The number of nitrogens with one attached hydrogen (secondary N) is 1. The molecule has 0 aliphatic carbocycles. The summed E-state index contributed by atoms with van der Waals surface area (Å²) in [5, 5.41) is 2.79. The van der Waals surface area contributed by atoms with Crippen molar-refractivity contribution < 1.29 is 4.79 Å². The summed E-state index contributed by atoms with van der Waals surface area (Å²) >= 11 is 0. The van der Waals surface area contributed by atoms with Crippen molar-refractivity contribution in [2.45, 2.75) is 26.8 Å². The Morgan fingerprint density at radius 2 is 2.20 bits per heavy atom. The Kier molecular flexibility index (Phi) is 3.80. The zero-order valence-electron chi connectivity index (χ0n) is 9.32. The molecule has 1 atom stereocenters. The lowest BCUT2D eigenvalue weighted by Gasteiger charge is -2.16. The van der Waals surface area contributed by atoms with Crippen LogP contribution >= 0.6 is 0 Å². The number of amides is 1. The molecule has 0 saturated heterocycles. The molecule has 0 spiro atoms. The van der Waals surface area contributed by atoms with Crippen molar-refractivity contribution in [3.8, 4) is 0 Å². The molecule has 0 unspecified atom stereocenters. The maximum atomic E-state index is 11.6. The zero-order chi connectivity index (χ0) is 11.4. The summed E-state index contributed by atoms with van der Waals surface area (Å²) in [6.45, 7) is 5.73. The Balaban J connectivity index is 2.71. The maximum Gasteiger partial charge on any atom is 0.241 e. The Bertz CT molecular complexity index is 349. The quantitative estimate of drug-likeness (QED) is 0.785.